The van der Waals surface area contributed by atoms with E-state index in [0.29, 0.717) is 18.1 Å². The number of nitrogens with one attached hydrogen (secondary N) is 2. The Hall–Kier alpha value is -3.23. The smallest absolute Gasteiger partial charge is 0.261 e. The quantitative estimate of drug-likeness (QED) is 0.565. The fourth-order valence-corrected chi connectivity index (χ4v) is 4.41. The molecule has 0 aromatic heterocycles. The van der Waals surface area contributed by atoms with Crippen molar-refractivity contribution < 1.29 is 22.7 Å². The van der Waals surface area contributed by atoms with Gasteiger partial charge in [-0.2, -0.15) is 0 Å². The van der Waals surface area contributed by atoms with Crippen molar-refractivity contribution in [3.63, 3.8) is 0 Å². The molecule has 0 bridgehead atoms. The highest BCUT2D eigenvalue weighted by Gasteiger charge is 2.22. The summed E-state index contributed by atoms with van der Waals surface area (Å²) in [6.07, 6.45) is -0.365. The number of benzene rings is 3. The number of hydrogen-bond acceptors (Lipinski definition) is 5. The van der Waals surface area contributed by atoms with Gasteiger partial charge in [-0.15, -0.1) is 0 Å². The van der Waals surface area contributed by atoms with Crippen LogP contribution in [0.4, 0.5) is 5.69 Å². The number of carbonyl (C=O) groups is 1. The van der Waals surface area contributed by atoms with Crippen LogP contribution in [0.2, 0.25) is 5.02 Å². The second-order valence-corrected chi connectivity index (χ2v) is 9.41. The van der Waals surface area contributed by atoms with E-state index in [1.54, 1.807) is 18.2 Å². The zero-order chi connectivity index (χ0) is 22.7. The molecule has 2 N–H and O–H groups in total. The van der Waals surface area contributed by atoms with Crippen LogP contribution in [0.1, 0.15) is 15.9 Å². The van der Waals surface area contributed by atoms with E-state index < -0.39 is 15.9 Å². The molecule has 1 heterocycles. The lowest BCUT2D eigenvalue weighted by atomic mass is 10.2. The summed E-state index contributed by atoms with van der Waals surface area (Å²) in [5.41, 5.74) is 1.32. The summed E-state index contributed by atoms with van der Waals surface area (Å²) >= 11 is 6.19. The molecule has 0 aliphatic carbocycles. The van der Waals surface area contributed by atoms with Crippen molar-refractivity contribution >= 4 is 33.2 Å². The lowest BCUT2D eigenvalue weighted by molar-refractivity contribution is 0.0789. The Labute approximate surface area is 191 Å². The van der Waals surface area contributed by atoms with Gasteiger partial charge >= 0.3 is 0 Å². The largest absolute Gasteiger partial charge is 0.486 e. The lowest BCUT2D eigenvalue weighted by Gasteiger charge is -2.26. The summed E-state index contributed by atoms with van der Waals surface area (Å²) in [5.74, 6) is 0.823. The number of hydrogen-bond donors (Lipinski definition) is 2. The summed E-state index contributed by atoms with van der Waals surface area (Å²) in [7, 11) is -3.80. The molecule has 3 aromatic carbocycles. The number of sulfonamides is 1. The van der Waals surface area contributed by atoms with Crippen molar-refractivity contribution in [1.29, 1.82) is 0 Å². The van der Waals surface area contributed by atoms with Crippen LogP contribution in [0.5, 0.6) is 11.5 Å². The van der Waals surface area contributed by atoms with Gasteiger partial charge in [0.2, 0.25) is 0 Å². The summed E-state index contributed by atoms with van der Waals surface area (Å²) < 4.78 is 39.2. The van der Waals surface area contributed by atoms with Crippen LogP contribution < -0.4 is 19.5 Å². The van der Waals surface area contributed by atoms with Gasteiger partial charge in [0.25, 0.3) is 15.9 Å². The highest BCUT2D eigenvalue weighted by molar-refractivity contribution is 7.92. The van der Waals surface area contributed by atoms with E-state index in [1.807, 2.05) is 25.1 Å². The maximum absolute atomic E-state index is 12.7. The summed E-state index contributed by atoms with van der Waals surface area (Å²) in [5, 5.41) is 2.96. The van der Waals surface area contributed by atoms with Gasteiger partial charge in [0.05, 0.1) is 22.0 Å². The van der Waals surface area contributed by atoms with Crippen molar-refractivity contribution in [1.82, 2.24) is 5.32 Å². The third-order valence-electron chi connectivity index (χ3n) is 4.85. The van der Waals surface area contributed by atoms with Gasteiger partial charge < -0.3 is 14.8 Å². The molecule has 0 saturated heterocycles. The van der Waals surface area contributed by atoms with Gasteiger partial charge in [-0.05, 0) is 49.4 Å². The zero-order valence-corrected chi connectivity index (χ0v) is 18.7. The van der Waals surface area contributed by atoms with E-state index in [-0.39, 0.29) is 33.8 Å². The maximum atomic E-state index is 12.7. The molecule has 7 nitrogen and oxygen atoms in total. The van der Waals surface area contributed by atoms with Crippen LogP contribution in [-0.4, -0.2) is 33.6 Å². The Balaban J connectivity index is 1.43. The lowest BCUT2D eigenvalue weighted by Crippen LogP contribution is -2.40. The van der Waals surface area contributed by atoms with Crippen LogP contribution in [-0.2, 0) is 10.0 Å². The first kappa shape index (κ1) is 22.0. The van der Waals surface area contributed by atoms with E-state index in [2.05, 4.69) is 10.0 Å². The minimum Gasteiger partial charge on any atom is -0.486 e. The fraction of sp³-hybridized carbons (Fsp3) is 0.174. The van der Waals surface area contributed by atoms with Crippen molar-refractivity contribution in [2.24, 2.45) is 0 Å². The molecule has 0 radical (unpaired) electrons. The minimum absolute atomic E-state index is 0.124. The number of amides is 1. The average Bonchev–Trinajstić information content (AvgIpc) is 2.78. The monoisotopic (exact) mass is 472 g/mol. The van der Waals surface area contributed by atoms with Crippen LogP contribution in [0.15, 0.2) is 71.6 Å². The number of ether oxygens (including phenoxy) is 2. The van der Waals surface area contributed by atoms with Crippen LogP contribution >= 0.6 is 11.6 Å². The number of fused-ring (bicyclic) bond motifs is 1. The predicted octanol–water partition coefficient (Wildman–Crippen LogP) is 4.02. The molecule has 1 amide bonds. The Morgan fingerprint density at radius 2 is 1.78 bits per heavy atom. The number of aryl methyl sites for hydroxylation is 1. The van der Waals surface area contributed by atoms with Crippen LogP contribution in [0.25, 0.3) is 0 Å². The first-order valence-corrected chi connectivity index (χ1v) is 11.7. The molecule has 1 aliphatic heterocycles. The average molecular weight is 473 g/mol. The van der Waals surface area contributed by atoms with Crippen molar-refractivity contribution in [3.8, 4) is 11.5 Å². The van der Waals surface area contributed by atoms with E-state index in [1.165, 1.54) is 30.3 Å². The van der Waals surface area contributed by atoms with Gasteiger partial charge in [0.15, 0.2) is 11.5 Å². The van der Waals surface area contributed by atoms with E-state index in [9.17, 15) is 13.2 Å². The normalized spacial score (nSPS) is 15.1. The van der Waals surface area contributed by atoms with E-state index in [4.69, 9.17) is 21.1 Å². The SMILES string of the molecule is Cc1ccc(S(=O)(=O)Nc2ccc(Cl)c(C(=O)NC[C@@H]3COc4ccccc4O3)c2)cc1. The molecule has 32 heavy (non-hydrogen) atoms. The van der Waals surface area contributed by atoms with Crippen LogP contribution in [0, 0.1) is 6.92 Å². The number of halogens is 1. The topological polar surface area (TPSA) is 93.7 Å². The van der Waals surface area contributed by atoms with E-state index in [0.717, 1.165) is 5.56 Å². The van der Waals surface area contributed by atoms with Crippen LogP contribution in [0.3, 0.4) is 0 Å². The third kappa shape index (κ3) is 4.98. The summed E-state index contributed by atoms with van der Waals surface area (Å²) in [4.78, 5) is 12.8. The predicted molar refractivity (Wildman–Crippen MR) is 122 cm³/mol. The van der Waals surface area contributed by atoms with Gasteiger partial charge in [-0.3, -0.25) is 9.52 Å². The molecular formula is C23H21ClN2O5S. The highest BCUT2D eigenvalue weighted by Crippen LogP contribution is 2.30. The molecular weight excluding hydrogens is 452 g/mol. The molecule has 1 aliphatic rings. The molecule has 1 atom stereocenters. The van der Waals surface area contributed by atoms with Gasteiger partial charge in [0.1, 0.15) is 12.7 Å². The molecule has 9 heteroatoms. The van der Waals surface area contributed by atoms with Crippen molar-refractivity contribution in [2.45, 2.75) is 17.9 Å². The van der Waals surface area contributed by atoms with Gasteiger partial charge in [0, 0.05) is 5.69 Å². The first-order valence-electron chi connectivity index (χ1n) is 9.87. The van der Waals surface area contributed by atoms with Gasteiger partial charge in [-0.25, -0.2) is 8.42 Å². The summed E-state index contributed by atoms with van der Waals surface area (Å²) in [6.45, 7) is 2.36. The number of rotatable bonds is 6. The highest BCUT2D eigenvalue weighted by atomic mass is 35.5. The number of carbonyl (C=O) groups excluding carboxylic acids is 1. The molecule has 166 valence electrons. The maximum Gasteiger partial charge on any atom is 0.261 e. The minimum atomic E-state index is -3.80. The molecule has 3 aromatic rings. The van der Waals surface area contributed by atoms with Crippen molar-refractivity contribution in [3.05, 3.63) is 82.9 Å². The molecule has 0 fully saturated rings. The van der Waals surface area contributed by atoms with Gasteiger partial charge in [-0.1, -0.05) is 41.4 Å². The number of para-hydroxylation sites is 2. The number of anilines is 1. The Kier molecular flexibility index (Phi) is 6.25. The first-order chi connectivity index (χ1) is 15.3. The molecule has 0 saturated carbocycles. The zero-order valence-electron chi connectivity index (χ0n) is 17.2. The van der Waals surface area contributed by atoms with Crippen molar-refractivity contribution in [2.75, 3.05) is 17.9 Å². The second-order valence-electron chi connectivity index (χ2n) is 7.32. The van der Waals surface area contributed by atoms with E-state index >= 15 is 0 Å². The Morgan fingerprint density at radius 3 is 2.53 bits per heavy atom. The summed E-state index contributed by atoms with van der Waals surface area (Å²) in [6, 6.07) is 18.1. The fourth-order valence-electron chi connectivity index (χ4n) is 3.16. The molecule has 4 rings (SSSR count). The Bertz CT molecular complexity index is 1250. The molecule has 0 spiro atoms. The standard InChI is InChI=1S/C23H21ClN2O5S/c1-15-6-9-18(10-7-15)32(28,29)26-16-8-11-20(24)19(12-16)23(27)25-13-17-14-30-21-4-2-3-5-22(21)31-17/h2-12,17,26H,13-14H2,1H3,(H,25,27)/t17-/m1/s1. The second kappa shape index (κ2) is 9.10. The third-order valence-corrected chi connectivity index (χ3v) is 6.58. The molecule has 0 unspecified atom stereocenters. The Morgan fingerprint density at radius 1 is 1.06 bits per heavy atom.